The quantitative estimate of drug-likeness (QED) is 0.295. The van der Waals surface area contributed by atoms with Gasteiger partial charge in [0.2, 0.25) is 0 Å². The Balaban J connectivity index is 1.65. The number of morpholine rings is 1. The normalized spacial score (nSPS) is 20.0. The van der Waals surface area contributed by atoms with Gasteiger partial charge in [-0.2, -0.15) is 0 Å². The molecule has 2 fully saturated rings. The second-order valence-electron chi connectivity index (χ2n) is 9.49. The van der Waals surface area contributed by atoms with E-state index in [-0.39, 0.29) is 17.4 Å². The monoisotopic (exact) mass is 508 g/mol. The molecule has 0 spiro atoms. The SMILES string of the molecule is CCOc1ccc([C@@H]2C(=C(O)c3ccc(OC(C)C)cc3)C(=O)C(=O)N2CCCN2CCOCC2)cc1. The number of hydrogen-bond acceptors (Lipinski definition) is 7. The number of aliphatic hydroxyl groups excluding tert-OH is 1. The maximum Gasteiger partial charge on any atom is 0.295 e. The number of carbonyl (C=O) groups excluding carboxylic acids is 2. The van der Waals surface area contributed by atoms with Gasteiger partial charge in [0.15, 0.2) is 0 Å². The van der Waals surface area contributed by atoms with Gasteiger partial charge in [-0.3, -0.25) is 14.5 Å². The number of benzene rings is 2. The summed E-state index contributed by atoms with van der Waals surface area (Å²) in [6, 6.07) is 13.6. The lowest BCUT2D eigenvalue weighted by Gasteiger charge is -2.29. The van der Waals surface area contributed by atoms with Gasteiger partial charge in [-0.15, -0.1) is 0 Å². The van der Waals surface area contributed by atoms with Gasteiger partial charge >= 0.3 is 0 Å². The number of rotatable bonds is 10. The minimum atomic E-state index is -0.688. The van der Waals surface area contributed by atoms with E-state index in [9.17, 15) is 14.7 Å². The zero-order valence-electron chi connectivity index (χ0n) is 21.8. The van der Waals surface area contributed by atoms with E-state index in [2.05, 4.69) is 4.90 Å². The summed E-state index contributed by atoms with van der Waals surface area (Å²) >= 11 is 0. The fraction of sp³-hybridized carbons (Fsp3) is 0.448. The van der Waals surface area contributed by atoms with Gasteiger partial charge in [0, 0.05) is 31.7 Å². The molecule has 0 saturated carbocycles. The number of ketones is 1. The zero-order chi connectivity index (χ0) is 26.4. The van der Waals surface area contributed by atoms with Gasteiger partial charge in [-0.25, -0.2) is 0 Å². The molecule has 1 atom stereocenters. The van der Waals surface area contributed by atoms with Crippen molar-refractivity contribution in [3.8, 4) is 11.5 Å². The molecule has 2 heterocycles. The van der Waals surface area contributed by atoms with Crippen LogP contribution in [0.2, 0.25) is 0 Å². The van der Waals surface area contributed by atoms with Gasteiger partial charge < -0.3 is 24.2 Å². The summed E-state index contributed by atoms with van der Waals surface area (Å²) in [7, 11) is 0. The number of carbonyl (C=O) groups is 2. The van der Waals surface area contributed by atoms with Crippen LogP contribution < -0.4 is 9.47 Å². The fourth-order valence-electron chi connectivity index (χ4n) is 4.78. The molecule has 198 valence electrons. The second kappa shape index (κ2) is 12.3. The van der Waals surface area contributed by atoms with Crippen molar-refractivity contribution in [1.82, 2.24) is 9.80 Å². The zero-order valence-corrected chi connectivity index (χ0v) is 21.8. The van der Waals surface area contributed by atoms with E-state index < -0.39 is 17.7 Å². The standard InChI is InChI=1S/C29H36N2O6/c1-4-36-23-10-6-21(7-11-23)26-25(27(32)22-8-12-24(13-9-22)37-20(2)3)28(33)29(34)31(26)15-5-14-30-16-18-35-19-17-30/h6-13,20,26,32H,4-5,14-19H2,1-3H3/t26-/m1/s1. The van der Waals surface area contributed by atoms with E-state index in [0.717, 1.165) is 25.2 Å². The van der Waals surface area contributed by atoms with Crippen LogP contribution in [0.15, 0.2) is 54.1 Å². The van der Waals surface area contributed by atoms with Crippen molar-refractivity contribution in [2.75, 3.05) is 46.0 Å². The number of amides is 1. The highest BCUT2D eigenvalue weighted by atomic mass is 16.5. The van der Waals surface area contributed by atoms with E-state index >= 15 is 0 Å². The molecule has 1 amide bonds. The van der Waals surface area contributed by atoms with Crippen LogP contribution in [0.4, 0.5) is 0 Å². The van der Waals surface area contributed by atoms with Crippen molar-refractivity contribution in [2.24, 2.45) is 0 Å². The van der Waals surface area contributed by atoms with Crippen LogP contribution in [-0.2, 0) is 14.3 Å². The third-order valence-electron chi connectivity index (χ3n) is 6.52. The van der Waals surface area contributed by atoms with Crippen LogP contribution in [0.25, 0.3) is 5.76 Å². The summed E-state index contributed by atoms with van der Waals surface area (Å²) in [4.78, 5) is 30.4. The fourth-order valence-corrected chi connectivity index (χ4v) is 4.78. The van der Waals surface area contributed by atoms with E-state index in [1.807, 2.05) is 45.0 Å². The molecular weight excluding hydrogens is 472 g/mol. The Labute approximate surface area is 218 Å². The number of nitrogens with zero attached hydrogens (tertiary/aromatic N) is 2. The maximum atomic E-state index is 13.3. The van der Waals surface area contributed by atoms with Gasteiger partial charge in [0.05, 0.1) is 37.5 Å². The molecule has 37 heavy (non-hydrogen) atoms. The average Bonchev–Trinajstić information content (AvgIpc) is 3.15. The van der Waals surface area contributed by atoms with Crippen molar-refractivity contribution >= 4 is 17.4 Å². The highest BCUT2D eigenvalue weighted by molar-refractivity contribution is 6.46. The van der Waals surface area contributed by atoms with Crippen LogP contribution in [0, 0.1) is 0 Å². The Hall–Kier alpha value is -3.36. The first kappa shape index (κ1) is 26.7. The van der Waals surface area contributed by atoms with E-state index in [4.69, 9.17) is 14.2 Å². The third kappa shape index (κ3) is 6.32. The molecule has 8 nitrogen and oxygen atoms in total. The highest BCUT2D eigenvalue weighted by Gasteiger charge is 2.45. The third-order valence-corrected chi connectivity index (χ3v) is 6.52. The number of likely N-dealkylation sites (tertiary alicyclic amines) is 1. The summed E-state index contributed by atoms with van der Waals surface area (Å²) in [5.41, 5.74) is 1.30. The lowest BCUT2D eigenvalue weighted by molar-refractivity contribution is -0.140. The van der Waals surface area contributed by atoms with Crippen LogP contribution >= 0.6 is 0 Å². The van der Waals surface area contributed by atoms with Gasteiger partial charge in [-0.05, 0) is 69.2 Å². The summed E-state index contributed by atoms with van der Waals surface area (Å²) in [6.07, 6.45) is 0.726. The van der Waals surface area contributed by atoms with Crippen LogP contribution in [-0.4, -0.2) is 78.7 Å². The summed E-state index contributed by atoms with van der Waals surface area (Å²) < 4.78 is 16.7. The molecule has 0 aliphatic carbocycles. The molecule has 2 saturated heterocycles. The maximum absolute atomic E-state index is 13.3. The Bertz CT molecular complexity index is 1100. The Kier molecular flexibility index (Phi) is 8.84. The summed E-state index contributed by atoms with van der Waals surface area (Å²) in [5.74, 6) is -0.0918. The molecule has 2 aliphatic heterocycles. The number of ether oxygens (including phenoxy) is 3. The van der Waals surface area contributed by atoms with Gasteiger partial charge in [-0.1, -0.05) is 12.1 Å². The first-order valence-electron chi connectivity index (χ1n) is 13.0. The Morgan fingerprint density at radius 1 is 1.00 bits per heavy atom. The number of aliphatic hydroxyl groups is 1. The molecule has 1 N–H and O–H groups in total. The van der Waals surface area contributed by atoms with Crippen molar-refractivity contribution in [1.29, 1.82) is 0 Å². The molecular formula is C29H36N2O6. The summed E-state index contributed by atoms with van der Waals surface area (Å²) in [5, 5.41) is 11.3. The summed E-state index contributed by atoms with van der Waals surface area (Å²) in [6.45, 7) is 10.7. The molecule has 2 aromatic carbocycles. The predicted molar refractivity (Wildman–Crippen MR) is 141 cm³/mol. The van der Waals surface area contributed by atoms with Crippen LogP contribution in [0.1, 0.15) is 44.4 Å². The number of hydrogen-bond donors (Lipinski definition) is 1. The lowest BCUT2D eigenvalue weighted by atomic mass is 9.95. The lowest BCUT2D eigenvalue weighted by Crippen LogP contribution is -2.38. The molecule has 2 aliphatic rings. The molecule has 0 bridgehead atoms. The van der Waals surface area contributed by atoms with Crippen molar-refractivity contribution in [2.45, 2.75) is 39.3 Å². The smallest absolute Gasteiger partial charge is 0.295 e. The molecule has 4 rings (SSSR count). The average molecular weight is 509 g/mol. The highest BCUT2D eigenvalue weighted by Crippen LogP contribution is 2.40. The minimum Gasteiger partial charge on any atom is -0.507 e. The molecule has 0 radical (unpaired) electrons. The van der Waals surface area contributed by atoms with Crippen molar-refractivity contribution < 1.29 is 28.9 Å². The van der Waals surface area contributed by atoms with E-state index in [1.54, 1.807) is 29.2 Å². The van der Waals surface area contributed by atoms with Gasteiger partial charge in [0.25, 0.3) is 11.7 Å². The van der Waals surface area contributed by atoms with Crippen LogP contribution in [0.5, 0.6) is 11.5 Å². The largest absolute Gasteiger partial charge is 0.507 e. The van der Waals surface area contributed by atoms with Gasteiger partial charge in [0.1, 0.15) is 17.3 Å². The molecule has 0 aromatic heterocycles. The second-order valence-corrected chi connectivity index (χ2v) is 9.49. The van der Waals surface area contributed by atoms with E-state index in [0.29, 0.717) is 49.8 Å². The molecule has 2 aromatic rings. The first-order valence-corrected chi connectivity index (χ1v) is 13.0. The topological polar surface area (TPSA) is 88.5 Å². The Morgan fingerprint density at radius 2 is 1.65 bits per heavy atom. The van der Waals surface area contributed by atoms with E-state index in [1.165, 1.54) is 0 Å². The molecule has 0 unspecified atom stereocenters. The Morgan fingerprint density at radius 3 is 2.27 bits per heavy atom. The first-order chi connectivity index (χ1) is 17.9. The molecule has 8 heteroatoms. The number of Topliss-reactive ketones (excluding diaryl/α,β-unsaturated/α-hetero) is 1. The predicted octanol–water partition coefficient (Wildman–Crippen LogP) is 4.02. The van der Waals surface area contributed by atoms with Crippen molar-refractivity contribution in [3.05, 3.63) is 65.2 Å². The van der Waals surface area contributed by atoms with Crippen molar-refractivity contribution in [3.63, 3.8) is 0 Å². The minimum absolute atomic E-state index is 0.0156. The van der Waals surface area contributed by atoms with Crippen LogP contribution in [0.3, 0.4) is 0 Å².